The smallest absolute Gasteiger partial charge is 0.433 e. The van der Waals surface area contributed by atoms with Crippen LogP contribution in [0.3, 0.4) is 0 Å². The van der Waals surface area contributed by atoms with Crippen LogP contribution in [0.25, 0.3) is 0 Å². The molecule has 0 amide bonds. The van der Waals surface area contributed by atoms with Crippen molar-refractivity contribution in [3.63, 3.8) is 0 Å². The number of benzene rings is 1. The van der Waals surface area contributed by atoms with E-state index in [4.69, 9.17) is 17.0 Å². The maximum atomic E-state index is 13.2. The van der Waals surface area contributed by atoms with Crippen molar-refractivity contribution >= 4 is 35.3 Å². The van der Waals surface area contributed by atoms with Crippen LogP contribution in [0.4, 0.5) is 13.2 Å². The van der Waals surface area contributed by atoms with Gasteiger partial charge in [-0.1, -0.05) is 19.3 Å². The molecule has 3 rings (SSSR count). The molecular weight excluding hydrogens is 495 g/mol. The number of alkyl halides is 3. The van der Waals surface area contributed by atoms with E-state index in [1.165, 1.54) is 33.3 Å². The Balaban J connectivity index is 1.70. The Hall–Kier alpha value is -2.84. The molecule has 1 heterocycles. The molecule has 0 radical (unpaired) electrons. The van der Waals surface area contributed by atoms with Crippen molar-refractivity contribution in [1.82, 2.24) is 15.7 Å². The van der Waals surface area contributed by atoms with Gasteiger partial charge in [0.25, 0.3) is 0 Å². The highest BCUT2D eigenvalue weighted by Crippen LogP contribution is 2.35. The van der Waals surface area contributed by atoms with Gasteiger partial charge in [0.15, 0.2) is 5.11 Å². The Morgan fingerprint density at radius 2 is 2.06 bits per heavy atom. The molecule has 11 heteroatoms. The van der Waals surface area contributed by atoms with Crippen LogP contribution in [0, 0.1) is 18.3 Å². The van der Waals surface area contributed by atoms with E-state index >= 15 is 0 Å². The second-order valence-electron chi connectivity index (χ2n) is 8.15. The monoisotopic (exact) mass is 521 g/mol. The third-order valence-corrected chi connectivity index (χ3v) is 6.81. The third-order valence-electron chi connectivity index (χ3n) is 5.57. The van der Waals surface area contributed by atoms with Crippen LogP contribution in [-0.2, 0) is 11.9 Å². The number of hydrogen-bond donors (Lipinski definition) is 2. The number of nitriles is 1. The summed E-state index contributed by atoms with van der Waals surface area (Å²) < 4.78 is 45.1. The highest BCUT2D eigenvalue weighted by molar-refractivity contribution is 7.98. The fourth-order valence-corrected chi connectivity index (χ4v) is 5.05. The van der Waals surface area contributed by atoms with Crippen LogP contribution in [0.15, 0.2) is 34.4 Å². The molecule has 1 aliphatic rings. The maximum Gasteiger partial charge on any atom is 0.433 e. The molecule has 186 valence electrons. The molecule has 0 unspecified atom stereocenters. The molecule has 1 aliphatic carbocycles. The fraction of sp³-hybridized carbons (Fsp3) is 0.417. The van der Waals surface area contributed by atoms with Crippen LogP contribution in [0.5, 0.6) is 5.75 Å². The standard InChI is InChI=1S/C24H26F3N5OS2/c1-15-10-21(24(25,26)27)31-22(19(15)12-28)35-14-17-11-16(8-9-20(17)33-2)13-29-32-23(34)30-18-6-4-3-5-7-18/h8-11,13,18H,3-7,14H2,1-2H3,(H2,30,32,34)/b29-13+. The normalized spacial score (nSPS) is 14.5. The number of rotatable bonds is 7. The molecule has 35 heavy (non-hydrogen) atoms. The fourth-order valence-electron chi connectivity index (χ4n) is 3.80. The number of aromatic nitrogens is 1. The summed E-state index contributed by atoms with van der Waals surface area (Å²) in [5.41, 5.74) is 3.64. The number of aryl methyl sites for hydroxylation is 1. The second kappa shape index (κ2) is 12.2. The average Bonchev–Trinajstić information content (AvgIpc) is 2.82. The number of pyridine rings is 1. The van der Waals surface area contributed by atoms with Crippen molar-refractivity contribution in [2.24, 2.45) is 5.10 Å². The number of thiocarbonyl (C=S) groups is 1. The average molecular weight is 522 g/mol. The topological polar surface area (TPSA) is 82.3 Å². The van der Waals surface area contributed by atoms with Crippen molar-refractivity contribution in [3.05, 3.63) is 52.2 Å². The lowest BCUT2D eigenvalue weighted by Crippen LogP contribution is -2.40. The van der Waals surface area contributed by atoms with Crippen LogP contribution in [0.1, 0.15) is 60.1 Å². The summed E-state index contributed by atoms with van der Waals surface area (Å²) >= 11 is 6.36. The van der Waals surface area contributed by atoms with Gasteiger partial charge in [0, 0.05) is 17.4 Å². The molecule has 6 nitrogen and oxygen atoms in total. The number of ether oxygens (including phenoxy) is 1. The third kappa shape index (κ3) is 7.57. The van der Waals surface area contributed by atoms with E-state index in [-0.39, 0.29) is 21.9 Å². The summed E-state index contributed by atoms with van der Waals surface area (Å²) in [7, 11) is 1.52. The highest BCUT2D eigenvalue weighted by atomic mass is 32.2. The minimum atomic E-state index is -4.60. The number of halogens is 3. The number of thioether (sulfide) groups is 1. The molecule has 2 N–H and O–H groups in total. The predicted octanol–water partition coefficient (Wildman–Crippen LogP) is 5.71. The minimum Gasteiger partial charge on any atom is -0.496 e. The SMILES string of the molecule is COc1ccc(/C=N/NC(=S)NC2CCCCC2)cc1CSc1nc(C(F)(F)F)cc(C)c1C#N. The first-order valence-corrected chi connectivity index (χ1v) is 12.5. The number of nitrogens with zero attached hydrogens (tertiary/aromatic N) is 3. The second-order valence-corrected chi connectivity index (χ2v) is 9.52. The van der Waals surface area contributed by atoms with Gasteiger partial charge in [0.1, 0.15) is 22.5 Å². The number of hydrazone groups is 1. The summed E-state index contributed by atoms with van der Waals surface area (Å²) in [6.07, 6.45) is 2.86. The summed E-state index contributed by atoms with van der Waals surface area (Å²) in [5, 5.41) is 17.4. The lowest BCUT2D eigenvalue weighted by atomic mass is 9.96. The van der Waals surface area contributed by atoms with Crippen molar-refractivity contribution in [2.75, 3.05) is 7.11 Å². The molecular formula is C24H26F3N5OS2. The number of methoxy groups -OCH3 is 1. The van der Waals surface area contributed by atoms with E-state index in [2.05, 4.69) is 20.8 Å². The van der Waals surface area contributed by atoms with E-state index < -0.39 is 11.9 Å². The Morgan fingerprint density at radius 3 is 2.71 bits per heavy atom. The van der Waals surface area contributed by atoms with Crippen molar-refractivity contribution < 1.29 is 17.9 Å². The number of nitrogens with one attached hydrogen (secondary N) is 2. The van der Waals surface area contributed by atoms with Crippen LogP contribution in [-0.4, -0.2) is 29.5 Å². The molecule has 1 fully saturated rings. The quantitative estimate of drug-likeness (QED) is 0.209. The molecule has 0 aliphatic heterocycles. The van der Waals surface area contributed by atoms with Gasteiger partial charge in [-0.15, -0.1) is 11.8 Å². The molecule has 0 spiro atoms. The molecule has 0 atom stereocenters. The first-order chi connectivity index (χ1) is 16.7. The summed E-state index contributed by atoms with van der Waals surface area (Å²) in [4.78, 5) is 3.70. The Labute approximate surface area is 212 Å². The Morgan fingerprint density at radius 1 is 1.31 bits per heavy atom. The predicted molar refractivity (Wildman–Crippen MR) is 135 cm³/mol. The van der Waals surface area contributed by atoms with Gasteiger partial charge in [-0.3, -0.25) is 5.43 Å². The minimum absolute atomic E-state index is 0.0294. The van der Waals surface area contributed by atoms with Crippen LogP contribution in [0.2, 0.25) is 0 Å². The van der Waals surface area contributed by atoms with Gasteiger partial charge in [-0.25, -0.2) is 4.98 Å². The largest absolute Gasteiger partial charge is 0.496 e. The first kappa shape index (κ1) is 26.8. The zero-order valence-electron chi connectivity index (χ0n) is 19.4. The first-order valence-electron chi connectivity index (χ1n) is 11.1. The molecule has 2 aromatic rings. The molecule has 1 aromatic heterocycles. The molecule has 0 bridgehead atoms. The Kier molecular flexibility index (Phi) is 9.34. The lowest BCUT2D eigenvalue weighted by molar-refractivity contribution is -0.141. The number of hydrogen-bond acceptors (Lipinski definition) is 6. The van der Waals surface area contributed by atoms with Crippen LogP contribution >= 0.6 is 24.0 Å². The van der Waals surface area contributed by atoms with E-state index in [1.807, 2.05) is 18.2 Å². The van der Waals surface area contributed by atoms with Crippen molar-refractivity contribution in [1.29, 1.82) is 5.26 Å². The van der Waals surface area contributed by atoms with Gasteiger partial charge in [0.2, 0.25) is 0 Å². The zero-order chi connectivity index (χ0) is 25.4. The van der Waals surface area contributed by atoms with E-state index in [9.17, 15) is 18.4 Å². The molecule has 1 aromatic carbocycles. The maximum absolute atomic E-state index is 13.2. The molecule has 0 saturated heterocycles. The Bertz CT molecular complexity index is 1130. The van der Waals surface area contributed by atoms with E-state index in [0.29, 0.717) is 16.9 Å². The molecule has 1 saturated carbocycles. The van der Waals surface area contributed by atoms with Crippen molar-refractivity contribution in [3.8, 4) is 11.8 Å². The van der Waals surface area contributed by atoms with Gasteiger partial charge in [0.05, 0.1) is 18.9 Å². The van der Waals surface area contributed by atoms with Gasteiger partial charge >= 0.3 is 6.18 Å². The summed E-state index contributed by atoms with van der Waals surface area (Å²) in [5.74, 6) is 0.821. The zero-order valence-corrected chi connectivity index (χ0v) is 21.0. The summed E-state index contributed by atoms with van der Waals surface area (Å²) in [6, 6.07) is 8.60. The lowest BCUT2D eigenvalue weighted by Gasteiger charge is -2.23. The van der Waals surface area contributed by atoms with E-state index in [0.717, 1.165) is 41.8 Å². The van der Waals surface area contributed by atoms with Gasteiger partial charge in [-0.2, -0.15) is 23.5 Å². The summed E-state index contributed by atoms with van der Waals surface area (Å²) in [6.45, 7) is 1.47. The highest BCUT2D eigenvalue weighted by Gasteiger charge is 2.34. The van der Waals surface area contributed by atoms with Gasteiger partial charge < -0.3 is 10.1 Å². The van der Waals surface area contributed by atoms with Gasteiger partial charge in [-0.05, 0) is 67.4 Å². The van der Waals surface area contributed by atoms with Crippen molar-refractivity contribution in [2.45, 2.75) is 62.0 Å². The van der Waals surface area contributed by atoms with E-state index in [1.54, 1.807) is 12.3 Å². The van der Waals surface area contributed by atoms with Crippen LogP contribution < -0.4 is 15.5 Å².